The van der Waals surface area contributed by atoms with Crippen molar-refractivity contribution >= 4 is 17.5 Å². The number of aryl methyl sites for hydroxylation is 1. The molecule has 4 rings (SSSR count). The van der Waals surface area contributed by atoms with Crippen LogP contribution in [0.1, 0.15) is 63.6 Å². The minimum absolute atomic E-state index is 0.0103. The zero-order valence-corrected chi connectivity index (χ0v) is 23.6. The van der Waals surface area contributed by atoms with Crippen LogP contribution < -0.4 is 35.6 Å². The number of carbonyl (C=O) groups is 2. The van der Waals surface area contributed by atoms with Gasteiger partial charge in [-0.3, -0.25) is 14.4 Å². The van der Waals surface area contributed by atoms with E-state index in [1.54, 1.807) is 33.5 Å². The standard InChI is InChI=1S/C30H39N3O6/c1-7-16(2)27(30(36)32-19-9-10-19)33-23-13-11-20-21(15-24(23)35)22(31-17(3)34)12-8-18-14-25(37-4)28(38-5)29(39-6)26(18)20/h11,13-16,19,22,27H,7-10,12H2,1-6H3,(H,31,34)(H,32,36)(H,33,35)/t16-,22-,27+/m0/s1. The Bertz CT molecular complexity index is 1310. The van der Waals surface area contributed by atoms with Gasteiger partial charge in [-0.05, 0) is 66.5 Å². The fraction of sp³-hybridized carbons (Fsp3) is 0.500. The van der Waals surface area contributed by atoms with Gasteiger partial charge in [0, 0.05) is 18.5 Å². The Balaban J connectivity index is 1.89. The smallest absolute Gasteiger partial charge is 0.242 e. The van der Waals surface area contributed by atoms with Gasteiger partial charge >= 0.3 is 0 Å². The van der Waals surface area contributed by atoms with Crippen molar-refractivity contribution in [2.75, 3.05) is 26.6 Å². The highest BCUT2D eigenvalue weighted by atomic mass is 16.5. The maximum absolute atomic E-state index is 13.6. The van der Waals surface area contributed by atoms with Crippen molar-refractivity contribution in [3.63, 3.8) is 0 Å². The van der Waals surface area contributed by atoms with Crippen LogP contribution in [0.3, 0.4) is 0 Å². The van der Waals surface area contributed by atoms with Crippen molar-refractivity contribution in [1.29, 1.82) is 0 Å². The summed E-state index contributed by atoms with van der Waals surface area (Å²) in [5, 5.41) is 9.34. The zero-order chi connectivity index (χ0) is 28.3. The van der Waals surface area contributed by atoms with E-state index in [2.05, 4.69) is 16.0 Å². The lowest BCUT2D eigenvalue weighted by molar-refractivity contribution is -0.123. The molecule has 0 aliphatic heterocycles. The van der Waals surface area contributed by atoms with Crippen LogP contribution in [0.15, 0.2) is 29.1 Å². The van der Waals surface area contributed by atoms with Gasteiger partial charge in [0.05, 0.1) is 33.1 Å². The molecule has 9 nitrogen and oxygen atoms in total. The molecule has 1 saturated carbocycles. The highest BCUT2D eigenvalue weighted by molar-refractivity contribution is 5.86. The van der Waals surface area contributed by atoms with E-state index in [1.165, 1.54) is 6.92 Å². The predicted molar refractivity (Wildman–Crippen MR) is 151 cm³/mol. The molecule has 39 heavy (non-hydrogen) atoms. The van der Waals surface area contributed by atoms with Crippen molar-refractivity contribution in [1.82, 2.24) is 10.6 Å². The Morgan fingerprint density at radius 2 is 1.72 bits per heavy atom. The Morgan fingerprint density at radius 3 is 2.31 bits per heavy atom. The molecule has 2 aliphatic rings. The number of hydrogen-bond acceptors (Lipinski definition) is 7. The van der Waals surface area contributed by atoms with Crippen LogP contribution in [-0.2, 0) is 16.0 Å². The van der Waals surface area contributed by atoms with E-state index in [9.17, 15) is 14.4 Å². The van der Waals surface area contributed by atoms with Gasteiger partial charge < -0.3 is 30.2 Å². The average molecular weight is 538 g/mol. The second-order valence-electron chi connectivity index (χ2n) is 10.4. The zero-order valence-electron chi connectivity index (χ0n) is 23.6. The third-order valence-corrected chi connectivity index (χ3v) is 7.65. The summed E-state index contributed by atoms with van der Waals surface area (Å²) in [5.41, 5.74) is 3.21. The van der Waals surface area contributed by atoms with Gasteiger partial charge in [0.15, 0.2) is 11.5 Å². The highest BCUT2D eigenvalue weighted by Gasteiger charge is 2.32. The maximum Gasteiger partial charge on any atom is 0.242 e. The van der Waals surface area contributed by atoms with Gasteiger partial charge in [0.1, 0.15) is 6.04 Å². The summed E-state index contributed by atoms with van der Waals surface area (Å²) >= 11 is 0. The molecule has 0 bridgehead atoms. The summed E-state index contributed by atoms with van der Waals surface area (Å²) in [6, 6.07) is 6.33. The monoisotopic (exact) mass is 537 g/mol. The Labute approximate surface area is 229 Å². The lowest BCUT2D eigenvalue weighted by Gasteiger charge is -2.24. The van der Waals surface area contributed by atoms with Crippen molar-refractivity contribution in [2.24, 2.45) is 5.92 Å². The number of ether oxygens (including phenoxy) is 3. The molecular formula is C30H39N3O6. The van der Waals surface area contributed by atoms with E-state index in [0.717, 1.165) is 36.0 Å². The van der Waals surface area contributed by atoms with Gasteiger partial charge in [-0.2, -0.15) is 0 Å². The largest absolute Gasteiger partial charge is 0.493 e. The fourth-order valence-electron chi connectivity index (χ4n) is 5.22. The first-order valence-corrected chi connectivity index (χ1v) is 13.6. The summed E-state index contributed by atoms with van der Waals surface area (Å²) in [6.07, 6.45) is 3.93. The van der Waals surface area contributed by atoms with E-state index >= 15 is 0 Å². The first kappa shape index (κ1) is 28.3. The molecule has 0 heterocycles. The van der Waals surface area contributed by atoms with Crippen LogP contribution in [0.25, 0.3) is 11.1 Å². The van der Waals surface area contributed by atoms with Gasteiger partial charge in [-0.1, -0.05) is 26.3 Å². The molecule has 2 aromatic carbocycles. The number of rotatable bonds is 10. The van der Waals surface area contributed by atoms with Crippen LogP contribution in [0.4, 0.5) is 5.69 Å². The molecular weight excluding hydrogens is 498 g/mol. The molecule has 2 aliphatic carbocycles. The second-order valence-corrected chi connectivity index (χ2v) is 10.4. The van der Waals surface area contributed by atoms with Crippen molar-refractivity contribution in [3.8, 4) is 28.4 Å². The average Bonchev–Trinajstić information content (AvgIpc) is 3.76. The van der Waals surface area contributed by atoms with Crippen molar-refractivity contribution in [3.05, 3.63) is 45.6 Å². The number of hydrogen-bond donors (Lipinski definition) is 3. The molecule has 0 spiro atoms. The van der Waals surface area contributed by atoms with Crippen LogP contribution in [0.5, 0.6) is 17.2 Å². The van der Waals surface area contributed by atoms with Gasteiger partial charge in [-0.25, -0.2) is 0 Å². The molecule has 0 unspecified atom stereocenters. The summed E-state index contributed by atoms with van der Waals surface area (Å²) in [5.74, 6) is 1.20. The number of amides is 2. The predicted octanol–water partition coefficient (Wildman–Crippen LogP) is 3.97. The van der Waals surface area contributed by atoms with E-state index in [-0.39, 0.29) is 29.2 Å². The normalized spacial score (nSPS) is 17.4. The van der Waals surface area contributed by atoms with E-state index in [0.29, 0.717) is 41.3 Å². The maximum atomic E-state index is 13.6. The number of anilines is 1. The topological polar surface area (TPSA) is 115 Å². The number of fused-ring (bicyclic) bond motifs is 3. The molecule has 210 valence electrons. The third kappa shape index (κ3) is 5.97. The summed E-state index contributed by atoms with van der Waals surface area (Å²) in [6.45, 7) is 5.49. The van der Waals surface area contributed by atoms with Gasteiger partial charge in [0.2, 0.25) is 23.0 Å². The van der Waals surface area contributed by atoms with E-state index in [4.69, 9.17) is 14.2 Å². The highest BCUT2D eigenvalue weighted by Crippen LogP contribution is 2.50. The lowest BCUT2D eigenvalue weighted by atomic mass is 9.95. The van der Waals surface area contributed by atoms with E-state index < -0.39 is 12.1 Å². The Kier molecular flexibility index (Phi) is 8.67. The summed E-state index contributed by atoms with van der Waals surface area (Å²) < 4.78 is 17.1. The quantitative estimate of drug-likeness (QED) is 0.420. The first-order valence-electron chi connectivity index (χ1n) is 13.6. The third-order valence-electron chi connectivity index (χ3n) is 7.65. The molecule has 2 aromatic rings. The molecule has 9 heteroatoms. The van der Waals surface area contributed by atoms with Gasteiger partial charge in [0.25, 0.3) is 0 Å². The molecule has 0 aromatic heterocycles. The number of methoxy groups -OCH3 is 3. The van der Waals surface area contributed by atoms with Crippen LogP contribution >= 0.6 is 0 Å². The minimum atomic E-state index is -0.553. The Hall–Kier alpha value is -3.75. The number of carbonyl (C=O) groups excluding carboxylic acids is 2. The summed E-state index contributed by atoms with van der Waals surface area (Å²) in [7, 11) is 4.69. The molecule has 3 atom stereocenters. The minimum Gasteiger partial charge on any atom is -0.493 e. The lowest BCUT2D eigenvalue weighted by Crippen LogP contribution is -2.45. The number of benzene rings is 1. The molecule has 0 saturated heterocycles. The van der Waals surface area contributed by atoms with Crippen molar-refractivity contribution in [2.45, 2.75) is 71.0 Å². The first-order chi connectivity index (χ1) is 18.7. The van der Waals surface area contributed by atoms with Gasteiger partial charge in [-0.15, -0.1) is 0 Å². The summed E-state index contributed by atoms with van der Waals surface area (Å²) in [4.78, 5) is 38.9. The van der Waals surface area contributed by atoms with Crippen LogP contribution in [0.2, 0.25) is 0 Å². The van der Waals surface area contributed by atoms with Crippen molar-refractivity contribution < 1.29 is 23.8 Å². The molecule has 2 amide bonds. The molecule has 0 radical (unpaired) electrons. The molecule has 3 N–H and O–H groups in total. The van der Waals surface area contributed by atoms with Crippen LogP contribution in [-0.4, -0.2) is 45.2 Å². The second kappa shape index (κ2) is 12.0. The van der Waals surface area contributed by atoms with E-state index in [1.807, 2.05) is 26.0 Å². The fourth-order valence-corrected chi connectivity index (χ4v) is 5.22. The Morgan fingerprint density at radius 1 is 1.00 bits per heavy atom. The number of nitrogens with one attached hydrogen (secondary N) is 3. The van der Waals surface area contributed by atoms with Crippen LogP contribution in [0, 0.1) is 5.92 Å². The molecule has 1 fully saturated rings. The SMILES string of the molecule is CC[C@H](C)[C@@H](Nc1ccc2c(cc1=O)[C@@H](NC(C)=O)CCc1cc(OC)c(OC)c(OC)c1-2)C(=O)NC1CC1.